The summed E-state index contributed by atoms with van der Waals surface area (Å²) in [4.78, 5) is 29.3. The van der Waals surface area contributed by atoms with E-state index in [1.165, 1.54) is 32.0 Å². The highest BCUT2D eigenvalue weighted by Gasteiger charge is 2.24. The highest BCUT2D eigenvalue weighted by Crippen LogP contribution is 2.39. The van der Waals surface area contributed by atoms with Crippen molar-refractivity contribution in [1.29, 1.82) is 5.26 Å². The van der Waals surface area contributed by atoms with E-state index in [1.54, 1.807) is 12.3 Å². The molecule has 0 atom stereocenters. The molecular formula is C14H12N4O5S. The number of methoxy groups -OCH3 is 2. The molecule has 0 unspecified atom stereocenters. The van der Waals surface area contributed by atoms with Gasteiger partial charge in [-0.15, -0.1) is 0 Å². The summed E-state index contributed by atoms with van der Waals surface area (Å²) in [5, 5.41) is 20.7. The number of rotatable bonds is 5. The summed E-state index contributed by atoms with van der Waals surface area (Å²) in [5.74, 6) is 0.0663. The number of nitriles is 1. The van der Waals surface area contributed by atoms with Gasteiger partial charge in [0.15, 0.2) is 10.9 Å². The first kappa shape index (κ1) is 17.3. The standard InChI is InChI=1S/C14H12N4O5S/c1-22-10-5-9(18(20)21)11(23-2)4-7(10)12-8(6-15)13(19)17-14(16-12)24-3/h4-5H,1-3H3,(H,16,17,19). The van der Waals surface area contributed by atoms with Gasteiger partial charge in [0.2, 0.25) is 0 Å². The number of aromatic nitrogens is 2. The molecule has 0 amide bonds. The Morgan fingerprint density at radius 1 is 1.33 bits per heavy atom. The molecule has 0 fully saturated rings. The summed E-state index contributed by atoms with van der Waals surface area (Å²) in [6.45, 7) is 0. The van der Waals surface area contributed by atoms with Gasteiger partial charge in [-0.1, -0.05) is 11.8 Å². The predicted octanol–water partition coefficient (Wildman–Crippen LogP) is 1.96. The molecule has 0 saturated heterocycles. The van der Waals surface area contributed by atoms with Gasteiger partial charge < -0.3 is 14.5 Å². The minimum Gasteiger partial charge on any atom is -0.496 e. The zero-order chi connectivity index (χ0) is 17.9. The first-order chi connectivity index (χ1) is 11.5. The Labute approximate surface area is 140 Å². The molecule has 0 aliphatic carbocycles. The molecule has 0 bridgehead atoms. The highest BCUT2D eigenvalue weighted by atomic mass is 32.2. The van der Waals surface area contributed by atoms with Gasteiger partial charge in [-0.05, 0) is 6.26 Å². The zero-order valence-corrected chi connectivity index (χ0v) is 13.8. The number of benzene rings is 1. The summed E-state index contributed by atoms with van der Waals surface area (Å²) >= 11 is 1.19. The second-order valence-corrected chi connectivity index (χ2v) is 5.19. The van der Waals surface area contributed by atoms with Crippen molar-refractivity contribution in [3.05, 3.63) is 38.2 Å². The number of hydrogen-bond donors (Lipinski definition) is 1. The van der Waals surface area contributed by atoms with Crippen LogP contribution in [0.5, 0.6) is 11.5 Å². The van der Waals surface area contributed by atoms with Crippen LogP contribution in [0, 0.1) is 21.4 Å². The van der Waals surface area contributed by atoms with Crippen LogP contribution in [-0.4, -0.2) is 35.4 Å². The Morgan fingerprint density at radius 3 is 2.50 bits per heavy atom. The average Bonchev–Trinajstić information content (AvgIpc) is 2.59. The molecule has 0 aliphatic heterocycles. The van der Waals surface area contributed by atoms with E-state index in [0.717, 1.165) is 6.07 Å². The number of aromatic amines is 1. The van der Waals surface area contributed by atoms with E-state index >= 15 is 0 Å². The van der Waals surface area contributed by atoms with Gasteiger partial charge in [0.25, 0.3) is 5.56 Å². The number of nitrogens with zero attached hydrogens (tertiary/aromatic N) is 3. The molecule has 124 valence electrons. The van der Waals surface area contributed by atoms with Crippen LogP contribution in [-0.2, 0) is 0 Å². The number of nitro groups is 1. The van der Waals surface area contributed by atoms with Crippen molar-refractivity contribution >= 4 is 17.4 Å². The highest BCUT2D eigenvalue weighted by molar-refractivity contribution is 7.98. The lowest BCUT2D eigenvalue weighted by molar-refractivity contribution is -0.385. The second-order valence-electron chi connectivity index (χ2n) is 4.39. The second kappa shape index (κ2) is 7.01. The van der Waals surface area contributed by atoms with E-state index in [1.807, 2.05) is 0 Å². The molecule has 1 aromatic carbocycles. The largest absolute Gasteiger partial charge is 0.496 e. The van der Waals surface area contributed by atoms with E-state index in [0.29, 0.717) is 5.16 Å². The van der Waals surface area contributed by atoms with Gasteiger partial charge in [0.05, 0.1) is 25.2 Å². The number of nitro benzene ring substituents is 1. The first-order valence-electron chi connectivity index (χ1n) is 6.46. The van der Waals surface area contributed by atoms with Crippen LogP contribution < -0.4 is 15.0 Å². The van der Waals surface area contributed by atoms with Gasteiger partial charge >= 0.3 is 5.69 Å². The van der Waals surface area contributed by atoms with Crippen molar-refractivity contribution in [3.8, 4) is 28.8 Å². The first-order valence-corrected chi connectivity index (χ1v) is 7.68. The lowest BCUT2D eigenvalue weighted by Gasteiger charge is -2.12. The predicted molar refractivity (Wildman–Crippen MR) is 86.5 cm³/mol. The van der Waals surface area contributed by atoms with E-state index in [9.17, 15) is 20.2 Å². The maximum Gasteiger partial charge on any atom is 0.314 e. The SMILES string of the molecule is COc1cc([N+](=O)[O-])c(OC)cc1-c1nc(SC)[nH]c(=O)c1C#N. The minimum absolute atomic E-state index is 0.0347. The van der Waals surface area contributed by atoms with Gasteiger partial charge in [-0.3, -0.25) is 14.9 Å². The Kier molecular flexibility index (Phi) is 5.05. The van der Waals surface area contributed by atoms with Crippen LogP contribution >= 0.6 is 11.8 Å². The Balaban J connectivity index is 2.86. The quantitative estimate of drug-likeness (QED) is 0.375. The summed E-state index contributed by atoms with van der Waals surface area (Å²) < 4.78 is 10.2. The molecule has 9 nitrogen and oxygen atoms in total. The fraction of sp³-hybridized carbons (Fsp3) is 0.214. The van der Waals surface area contributed by atoms with Crippen LogP contribution in [0.4, 0.5) is 5.69 Å². The van der Waals surface area contributed by atoms with Crippen molar-refractivity contribution in [1.82, 2.24) is 9.97 Å². The monoisotopic (exact) mass is 348 g/mol. The Morgan fingerprint density at radius 2 is 2.00 bits per heavy atom. The number of hydrogen-bond acceptors (Lipinski definition) is 8. The van der Waals surface area contributed by atoms with Crippen molar-refractivity contribution in [2.24, 2.45) is 0 Å². The van der Waals surface area contributed by atoms with Gasteiger partial charge in [0, 0.05) is 11.6 Å². The lowest BCUT2D eigenvalue weighted by Crippen LogP contribution is -2.15. The summed E-state index contributed by atoms with van der Waals surface area (Å²) in [5.41, 5.74) is -0.812. The van der Waals surface area contributed by atoms with Crippen LogP contribution in [0.2, 0.25) is 0 Å². The van der Waals surface area contributed by atoms with Crippen LogP contribution in [0.15, 0.2) is 22.1 Å². The third-order valence-corrected chi connectivity index (χ3v) is 3.74. The minimum atomic E-state index is -0.616. The van der Waals surface area contributed by atoms with Crippen LogP contribution in [0.1, 0.15) is 5.56 Å². The van der Waals surface area contributed by atoms with E-state index in [4.69, 9.17) is 9.47 Å². The number of ether oxygens (including phenoxy) is 2. The van der Waals surface area contributed by atoms with Crippen LogP contribution in [0.25, 0.3) is 11.3 Å². The van der Waals surface area contributed by atoms with Crippen molar-refractivity contribution in [2.45, 2.75) is 5.16 Å². The Bertz CT molecular complexity index is 903. The normalized spacial score (nSPS) is 10.1. The molecule has 1 aromatic heterocycles. The number of thioether (sulfide) groups is 1. The summed E-state index contributed by atoms with van der Waals surface area (Å²) in [6.07, 6.45) is 1.71. The average molecular weight is 348 g/mol. The summed E-state index contributed by atoms with van der Waals surface area (Å²) in [6, 6.07) is 4.28. The van der Waals surface area contributed by atoms with Crippen LogP contribution in [0.3, 0.4) is 0 Å². The fourth-order valence-corrected chi connectivity index (χ4v) is 2.43. The van der Waals surface area contributed by atoms with E-state index in [2.05, 4.69) is 9.97 Å². The lowest BCUT2D eigenvalue weighted by atomic mass is 10.1. The topological polar surface area (TPSA) is 131 Å². The Hall–Kier alpha value is -3.06. The smallest absolute Gasteiger partial charge is 0.314 e. The maximum atomic E-state index is 12.0. The molecule has 2 aromatic rings. The molecule has 2 rings (SSSR count). The van der Waals surface area contributed by atoms with E-state index < -0.39 is 10.5 Å². The molecule has 0 saturated carbocycles. The maximum absolute atomic E-state index is 12.0. The van der Waals surface area contributed by atoms with Gasteiger partial charge in [-0.2, -0.15) is 5.26 Å². The molecule has 0 spiro atoms. The third kappa shape index (κ3) is 3.02. The number of H-pyrrole nitrogens is 1. The molecule has 0 aliphatic rings. The molecule has 24 heavy (non-hydrogen) atoms. The molecule has 0 radical (unpaired) electrons. The summed E-state index contributed by atoms with van der Waals surface area (Å²) in [7, 11) is 2.60. The van der Waals surface area contributed by atoms with E-state index in [-0.39, 0.29) is 34.0 Å². The van der Waals surface area contributed by atoms with Gasteiger partial charge in [-0.25, -0.2) is 4.98 Å². The van der Waals surface area contributed by atoms with Crippen molar-refractivity contribution in [2.75, 3.05) is 20.5 Å². The van der Waals surface area contributed by atoms with Crippen molar-refractivity contribution in [3.63, 3.8) is 0 Å². The fourth-order valence-electron chi connectivity index (χ4n) is 2.06. The number of nitrogens with one attached hydrogen (secondary N) is 1. The zero-order valence-electron chi connectivity index (χ0n) is 12.9. The molecule has 1 heterocycles. The van der Waals surface area contributed by atoms with Gasteiger partial charge in [0.1, 0.15) is 23.1 Å². The third-order valence-electron chi connectivity index (χ3n) is 3.16. The molecule has 1 N–H and O–H groups in total. The molecule has 10 heteroatoms. The van der Waals surface area contributed by atoms with Crippen molar-refractivity contribution < 1.29 is 14.4 Å². The molecular weight excluding hydrogens is 336 g/mol.